The molecule has 1 fully saturated rings. The van der Waals surface area contributed by atoms with Crippen molar-refractivity contribution in [2.75, 3.05) is 18.1 Å². The summed E-state index contributed by atoms with van der Waals surface area (Å²) >= 11 is 0. The van der Waals surface area contributed by atoms with Crippen LogP contribution in [-0.2, 0) is 4.79 Å². The second kappa shape index (κ2) is 5.77. The molecule has 1 aliphatic heterocycles. The van der Waals surface area contributed by atoms with Crippen LogP contribution in [0.5, 0.6) is 5.75 Å². The zero-order valence-corrected chi connectivity index (χ0v) is 11.1. The minimum absolute atomic E-state index is 0.0954. The van der Waals surface area contributed by atoms with Gasteiger partial charge in [0.25, 0.3) is 5.69 Å². The maximum atomic E-state index is 11.2. The lowest BCUT2D eigenvalue weighted by Crippen LogP contribution is -2.35. The standard InChI is InChI=1S/C13H16N2O5/c1-2-20-11-7-9(6-10(8-11)15(18)19)14-5-3-4-12(14)13(16)17/h6-8,12H,2-5H2,1H3,(H,16,17). The number of rotatable bonds is 5. The maximum Gasteiger partial charge on any atom is 0.326 e. The normalized spacial score (nSPS) is 18.1. The minimum Gasteiger partial charge on any atom is -0.494 e. The Kier molecular flexibility index (Phi) is 4.07. The van der Waals surface area contributed by atoms with Crippen molar-refractivity contribution in [1.82, 2.24) is 0 Å². The number of nitrogens with zero attached hydrogens (tertiary/aromatic N) is 2. The number of benzene rings is 1. The molecule has 0 amide bonds. The topological polar surface area (TPSA) is 92.9 Å². The predicted octanol–water partition coefficient (Wildman–Crippen LogP) is 2.05. The van der Waals surface area contributed by atoms with Gasteiger partial charge in [0.05, 0.1) is 17.6 Å². The van der Waals surface area contributed by atoms with Gasteiger partial charge in [-0.25, -0.2) is 4.79 Å². The second-order valence-electron chi connectivity index (χ2n) is 4.56. The van der Waals surface area contributed by atoms with Crippen molar-refractivity contribution in [3.8, 4) is 5.75 Å². The summed E-state index contributed by atoms with van der Waals surface area (Å²) in [5, 5.41) is 20.1. The van der Waals surface area contributed by atoms with Crippen LogP contribution in [0.25, 0.3) is 0 Å². The lowest BCUT2D eigenvalue weighted by atomic mass is 10.2. The van der Waals surface area contributed by atoms with Gasteiger partial charge in [-0.3, -0.25) is 10.1 Å². The van der Waals surface area contributed by atoms with Gasteiger partial charge in [0.2, 0.25) is 0 Å². The van der Waals surface area contributed by atoms with Gasteiger partial charge >= 0.3 is 5.97 Å². The van der Waals surface area contributed by atoms with E-state index in [0.29, 0.717) is 31.0 Å². The number of hydrogen-bond acceptors (Lipinski definition) is 5. The molecule has 1 aromatic rings. The predicted molar refractivity (Wildman–Crippen MR) is 72.3 cm³/mol. The Bertz CT molecular complexity index is 531. The first-order chi connectivity index (χ1) is 9.52. The Morgan fingerprint density at radius 1 is 1.55 bits per heavy atom. The van der Waals surface area contributed by atoms with Gasteiger partial charge in [-0.2, -0.15) is 0 Å². The number of nitro groups is 1. The smallest absolute Gasteiger partial charge is 0.326 e. The fourth-order valence-electron chi connectivity index (χ4n) is 2.42. The van der Waals surface area contributed by atoms with E-state index >= 15 is 0 Å². The number of aliphatic carboxylic acids is 1. The van der Waals surface area contributed by atoms with Crippen LogP contribution in [0.3, 0.4) is 0 Å². The van der Waals surface area contributed by atoms with Gasteiger partial charge in [0, 0.05) is 24.4 Å². The Balaban J connectivity index is 2.39. The molecule has 0 aromatic heterocycles. The number of ether oxygens (including phenoxy) is 1. The van der Waals surface area contributed by atoms with Crippen LogP contribution < -0.4 is 9.64 Å². The highest BCUT2D eigenvalue weighted by Crippen LogP contribution is 2.32. The molecule has 2 rings (SSSR count). The molecule has 1 saturated heterocycles. The van der Waals surface area contributed by atoms with Gasteiger partial charge in [-0.15, -0.1) is 0 Å². The van der Waals surface area contributed by atoms with E-state index < -0.39 is 16.9 Å². The average molecular weight is 280 g/mol. The van der Waals surface area contributed by atoms with Gasteiger partial charge < -0.3 is 14.7 Å². The van der Waals surface area contributed by atoms with Crippen molar-refractivity contribution in [2.45, 2.75) is 25.8 Å². The largest absolute Gasteiger partial charge is 0.494 e. The lowest BCUT2D eigenvalue weighted by Gasteiger charge is -2.23. The zero-order chi connectivity index (χ0) is 14.7. The summed E-state index contributed by atoms with van der Waals surface area (Å²) in [5.41, 5.74) is 0.425. The molecule has 0 saturated carbocycles. The Morgan fingerprint density at radius 2 is 2.30 bits per heavy atom. The molecule has 0 radical (unpaired) electrons. The Morgan fingerprint density at radius 3 is 2.90 bits per heavy atom. The van der Waals surface area contributed by atoms with E-state index in [0.717, 1.165) is 6.42 Å². The van der Waals surface area contributed by atoms with Crippen molar-refractivity contribution in [3.05, 3.63) is 28.3 Å². The zero-order valence-electron chi connectivity index (χ0n) is 11.1. The summed E-state index contributed by atoms with van der Waals surface area (Å²) in [6, 6.07) is 3.76. The summed E-state index contributed by atoms with van der Waals surface area (Å²) in [5.74, 6) is -0.528. The molecular formula is C13H16N2O5. The first-order valence-electron chi connectivity index (χ1n) is 6.44. The molecule has 1 aliphatic rings. The maximum absolute atomic E-state index is 11.2. The van der Waals surface area contributed by atoms with Crippen LogP contribution in [0.4, 0.5) is 11.4 Å². The SMILES string of the molecule is CCOc1cc(N2CCCC2C(=O)O)cc([N+](=O)[O-])c1. The fourth-order valence-corrected chi connectivity index (χ4v) is 2.42. The number of non-ortho nitro benzene ring substituents is 1. The summed E-state index contributed by atoms with van der Waals surface area (Å²) < 4.78 is 5.31. The highest BCUT2D eigenvalue weighted by molar-refractivity contribution is 5.79. The van der Waals surface area contributed by atoms with Crippen LogP contribution in [0.15, 0.2) is 18.2 Å². The van der Waals surface area contributed by atoms with Crippen LogP contribution in [-0.4, -0.2) is 35.2 Å². The number of carbonyl (C=O) groups is 1. The fraction of sp³-hybridized carbons (Fsp3) is 0.462. The van der Waals surface area contributed by atoms with Crippen molar-refractivity contribution >= 4 is 17.3 Å². The van der Waals surface area contributed by atoms with E-state index in [1.54, 1.807) is 17.9 Å². The van der Waals surface area contributed by atoms with Crippen LogP contribution in [0.1, 0.15) is 19.8 Å². The molecule has 108 valence electrons. The third kappa shape index (κ3) is 2.81. The monoisotopic (exact) mass is 280 g/mol. The summed E-state index contributed by atoms with van der Waals surface area (Å²) in [6.45, 7) is 2.75. The molecule has 7 heteroatoms. The molecular weight excluding hydrogens is 264 g/mol. The number of carboxylic acids is 1. The number of nitro benzene ring substituents is 1. The summed E-state index contributed by atoms with van der Waals surface area (Å²) in [4.78, 5) is 23.3. The van der Waals surface area contributed by atoms with Crippen LogP contribution in [0, 0.1) is 10.1 Å². The molecule has 0 spiro atoms. The van der Waals surface area contributed by atoms with Gasteiger partial charge in [0.1, 0.15) is 11.8 Å². The second-order valence-corrected chi connectivity index (χ2v) is 4.56. The molecule has 1 N–H and O–H groups in total. The molecule has 1 heterocycles. The van der Waals surface area contributed by atoms with Crippen LogP contribution in [0.2, 0.25) is 0 Å². The third-order valence-corrected chi connectivity index (χ3v) is 3.27. The van der Waals surface area contributed by atoms with Crippen molar-refractivity contribution in [2.24, 2.45) is 0 Å². The molecule has 7 nitrogen and oxygen atoms in total. The van der Waals surface area contributed by atoms with Gasteiger partial charge in [-0.1, -0.05) is 0 Å². The Hall–Kier alpha value is -2.31. The number of hydrogen-bond donors (Lipinski definition) is 1. The molecule has 0 aliphatic carbocycles. The highest BCUT2D eigenvalue weighted by atomic mass is 16.6. The molecule has 20 heavy (non-hydrogen) atoms. The van der Waals surface area contributed by atoms with Gasteiger partial charge in [0.15, 0.2) is 0 Å². The first-order valence-corrected chi connectivity index (χ1v) is 6.44. The molecule has 1 aromatic carbocycles. The van der Waals surface area contributed by atoms with E-state index in [-0.39, 0.29) is 5.69 Å². The van der Waals surface area contributed by atoms with E-state index in [9.17, 15) is 20.0 Å². The average Bonchev–Trinajstić information content (AvgIpc) is 2.88. The summed E-state index contributed by atoms with van der Waals surface area (Å²) in [6.07, 6.45) is 1.30. The first kappa shape index (κ1) is 14.1. The van der Waals surface area contributed by atoms with E-state index in [2.05, 4.69) is 0 Å². The van der Waals surface area contributed by atoms with Crippen molar-refractivity contribution in [1.29, 1.82) is 0 Å². The van der Waals surface area contributed by atoms with Gasteiger partial charge in [-0.05, 0) is 19.8 Å². The minimum atomic E-state index is -0.910. The molecule has 1 unspecified atom stereocenters. The van der Waals surface area contributed by atoms with E-state index in [4.69, 9.17) is 4.74 Å². The Labute approximate surface area is 115 Å². The number of carboxylic acid groups (broad SMARTS) is 1. The number of anilines is 1. The highest BCUT2D eigenvalue weighted by Gasteiger charge is 2.31. The van der Waals surface area contributed by atoms with E-state index in [1.165, 1.54) is 12.1 Å². The quantitative estimate of drug-likeness (QED) is 0.655. The van der Waals surface area contributed by atoms with Crippen molar-refractivity contribution < 1.29 is 19.6 Å². The van der Waals surface area contributed by atoms with Crippen molar-refractivity contribution in [3.63, 3.8) is 0 Å². The summed E-state index contributed by atoms with van der Waals surface area (Å²) in [7, 11) is 0. The van der Waals surface area contributed by atoms with Crippen LogP contribution >= 0.6 is 0 Å². The molecule has 0 bridgehead atoms. The van der Waals surface area contributed by atoms with E-state index in [1.807, 2.05) is 0 Å². The third-order valence-electron chi connectivity index (χ3n) is 3.27. The lowest BCUT2D eigenvalue weighted by molar-refractivity contribution is -0.384. The molecule has 1 atom stereocenters.